The fourth-order valence-corrected chi connectivity index (χ4v) is 1.61. The Morgan fingerprint density at radius 2 is 2.39 bits per heavy atom. The van der Waals surface area contributed by atoms with E-state index >= 15 is 0 Å². The van der Waals surface area contributed by atoms with Gasteiger partial charge in [0.05, 0.1) is 5.56 Å². The minimum atomic E-state index is -0.327. The van der Waals surface area contributed by atoms with E-state index in [2.05, 4.69) is 32.3 Å². The van der Waals surface area contributed by atoms with Crippen LogP contribution in [0.5, 0.6) is 0 Å². The smallest absolute Gasteiger partial charge is 0.259 e. The molecule has 0 aliphatic rings. The van der Waals surface area contributed by atoms with Crippen LogP contribution in [0, 0.1) is 11.8 Å². The number of nitrogens with one attached hydrogen (secondary N) is 1. The van der Waals surface area contributed by atoms with Crippen LogP contribution >= 0.6 is 11.3 Å². The third-order valence-electron chi connectivity index (χ3n) is 1.89. The molecule has 0 unspecified atom stereocenters. The fourth-order valence-electron chi connectivity index (χ4n) is 1.17. The van der Waals surface area contributed by atoms with Crippen molar-refractivity contribution in [2.45, 2.75) is 0 Å². The zero-order chi connectivity index (χ0) is 12.8. The number of hydrogen-bond donors (Lipinski definition) is 2. The van der Waals surface area contributed by atoms with E-state index in [1.807, 2.05) is 0 Å². The average Bonchev–Trinajstić information content (AvgIpc) is 2.89. The van der Waals surface area contributed by atoms with Crippen molar-refractivity contribution in [3.05, 3.63) is 35.1 Å². The van der Waals surface area contributed by atoms with Crippen LogP contribution in [0.2, 0.25) is 0 Å². The van der Waals surface area contributed by atoms with Crippen LogP contribution in [0.1, 0.15) is 15.9 Å². The van der Waals surface area contributed by atoms with E-state index < -0.39 is 0 Å². The highest BCUT2D eigenvalue weighted by Gasteiger charge is 2.08. The largest absolute Gasteiger partial charge is 0.384 e. The number of carbonyl (C=O) groups is 1. The predicted octanol–water partition coefficient (Wildman–Crippen LogP) is 0.529. The summed E-state index contributed by atoms with van der Waals surface area (Å²) in [5.41, 5.74) is 2.46. The van der Waals surface area contributed by atoms with Crippen LogP contribution in [-0.4, -0.2) is 32.8 Å². The number of aromatic nitrogens is 3. The third kappa shape index (κ3) is 3.10. The van der Waals surface area contributed by atoms with Gasteiger partial charge in [-0.2, -0.15) is 0 Å². The summed E-state index contributed by atoms with van der Waals surface area (Å²) in [6, 6.07) is 1.59. The fraction of sp³-hybridized carbons (Fsp3) is 0.0909. The lowest BCUT2D eigenvalue weighted by Gasteiger charge is -2.00. The van der Waals surface area contributed by atoms with Crippen LogP contribution in [-0.2, 0) is 0 Å². The van der Waals surface area contributed by atoms with Crippen LogP contribution < -0.4 is 5.32 Å². The lowest BCUT2D eigenvalue weighted by Crippen LogP contribution is -2.12. The summed E-state index contributed by atoms with van der Waals surface area (Å²) in [5.74, 6) is 4.84. The summed E-state index contributed by atoms with van der Waals surface area (Å²) >= 11 is 1.23. The molecular formula is C11H8N4O2S. The first-order valence-electron chi connectivity index (χ1n) is 4.92. The molecule has 18 heavy (non-hydrogen) atoms. The molecule has 0 aliphatic carbocycles. The van der Waals surface area contributed by atoms with Crippen molar-refractivity contribution in [2.24, 2.45) is 0 Å². The normalized spacial score (nSPS) is 9.39. The first-order valence-corrected chi connectivity index (χ1v) is 5.80. The average molecular weight is 260 g/mol. The molecule has 0 aliphatic heterocycles. The molecule has 1 amide bonds. The molecule has 2 N–H and O–H groups in total. The summed E-state index contributed by atoms with van der Waals surface area (Å²) in [4.78, 5) is 15.7. The van der Waals surface area contributed by atoms with E-state index in [1.165, 1.54) is 29.2 Å². The number of hydrogen-bond acceptors (Lipinski definition) is 6. The van der Waals surface area contributed by atoms with Crippen LogP contribution in [0.15, 0.2) is 24.0 Å². The molecule has 2 aromatic rings. The Morgan fingerprint density at radius 3 is 3.11 bits per heavy atom. The summed E-state index contributed by atoms with van der Waals surface area (Å²) < 4.78 is 0. The first kappa shape index (κ1) is 12.2. The minimum Gasteiger partial charge on any atom is -0.384 e. The second kappa shape index (κ2) is 5.86. The van der Waals surface area contributed by atoms with Gasteiger partial charge in [0.1, 0.15) is 12.1 Å². The van der Waals surface area contributed by atoms with E-state index in [0.717, 1.165) is 0 Å². The van der Waals surface area contributed by atoms with Crippen molar-refractivity contribution >= 4 is 22.4 Å². The number of pyridine rings is 1. The Labute approximate surface area is 107 Å². The summed E-state index contributed by atoms with van der Waals surface area (Å²) in [5, 5.41) is 18.9. The molecule has 2 rings (SSSR count). The van der Waals surface area contributed by atoms with E-state index in [9.17, 15) is 4.79 Å². The Kier molecular flexibility index (Phi) is 3.96. The number of aliphatic hydroxyl groups excluding tert-OH is 1. The highest BCUT2D eigenvalue weighted by Crippen LogP contribution is 2.10. The maximum Gasteiger partial charge on any atom is 0.259 e. The molecule has 2 aromatic heterocycles. The monoisotopic (exact) mass is 260 g/mol. The predicted molar refractivity (Wildman–Crippen MR) is 66.1 cm³/mol. The van der Waals surface area contributed by atoms with E-state index in [-0.39, 0.29) is 12.5 Å². The lowest BCUT2D eigenvalue weighted by atomic mass is 10.2. The van der Waals surface area contributed by atoms with Gasteiger partial charge in [0.25, 0.3) is 5.91 Å². The van der Waals surface area contributed by atoms with Crippen molar-refractivity contribution < 1.29 is 9.90 Å². The van der Waals surface area contributed by atoms with Crippen LogP contribution in [0.25, 0.3) is 0 Å². The summed E-state index contributed by atoms with van der Waals surface area (Å²) in [6.07, 6.45) is 2.95. The second-order valence-electron chi connectivity index (χ2n) is 3.12. The van der Waals surface area contributed by atoms with Gasteiger partial charge in [-0.25, -0.2) is 0 Å². The number of aliphatic hydroxyl groups is 1. The maximum atomic E-state index is 11.8. The molecule has 0 atom stereocenters. The molecule has 0 spiro atoms. The first-order chi connectivity index (χ1) is 8.79. The standard InChI is InChI=1S/C11H8N4O2S/c16-3-1-2-8-4-9(6-12-5-8)10(17)14-11-15-13-7-18-11/h4-7,16H,3H2,(H,14,15,17). The molecule has 0 radical (unpaired) electrons. The van der Waals surface area contributed by atoms with E-state index in [4.69, 9.17) is 5.11 Å². The Morgan fingerprint density at radius 1 is 1.50 bits per heavy atom. The van der Waals surface area contributed by atoms with Crippen molar-refractivity contribution in [3.63, 3.8) is 0 Å². The lowest BCUT2D eigenvalue weighted by molar-refractivity contribution is 0.102. The zero-order valence-electron chi connectivity index (χ0n) is 9.12. The molecule has 2 heterocycles. The highest BCUT2D eigenvalue weighted by atomic mass is 32.1. The van der Waals surface area contributed by atoms with E-state index in [1.54, 1.807) is 6.07 Å². The van der Waals surface area contributed by atoms with Crippen LogP contribution in [0.4, 0.5) is 5.13 Å². The van der Waals surface area contributed by atoms with Gasteiger partial charge in [0.2, 0.25) is 5.13 Å². The highest BCUT2D eigenvalue weighted by molar-refractivity contribution is 7.13. The van der Waals surface area contributed by atoms with Gasteiger partial charge < -0.3 is 5.11 Å². The van der Waals surface area contributed by atoms with Gasteiger partial charge in [-0.1, -0.05) is 23.2 Å². The van der Waals surface area contributed by atoms with Crippen molar-refractivity contribution in [1.29, 1.82) is 0 Å². The van der Waals surface area contributed by atoms with Gasteiger partial charge in [-0.15, -0.1) is 10.2 Å². The zero-order valence-corrected chi connectivity index (χ0v) is 9.94. The van der Waals surface area contributed by atoms with Crippen molar-refractivity contribution in [2.75, 3.05) is 11.9 Å². The number of amides is 1. The topological polar surface area (TPSA) is 88.0 Å². The second-order valence-corrected chi connectivity index (χ2v) is 3.95. The van der Waals surface area contributed by atoms with Crippen molar-refractivity contribution in [3.8, 4) is 11.8 Å². The molecule has 0 bridgehead atoms. The molecule has 90 valence electrons. The summed E-state index contributed by atoms with van der Waals surface area (Å²) in [6.45, 7) is -0.235. The molecule has 0 aromatic carbocycles. The minimum absolute atomic E-state index is 0.235. The number of rotatable bonds is 2. The maximum absolute atomic E-state index is 11.8. The Hall–Kier alpha value is -2.30. The van der Waals surface area contributed by atoms with E-state index in [0.29, 0.717) is 16.3 Å². The molecule has 6 nitrogen and oxygen atoms in total. The molecule has 0 saturated carbocycles. The third-order valence-corrected chi connectivity index (χ3v) is 2.50. The molecule has 0 fully saturated rings. The van der Waals surface area contributed by atoms with Gasteiger partial charge in [-0.05, 0) is 6.07 Å². The SMILES string of the molecule is O=C(Nc1nncs1)c1cncc(C#CCO)c1. The summed E-state index contributed by atoms with van der Waals surface area (Å²) in [7, 11) is 0. The molecule has 0 saturated heterocycles. The van der Waals surface area contributed by atoms with Gasteiger partial charge in [-0.3, -0.25) is 15.1 Å². The number of anilines is 1. The quantitative estimate of drug-likeness (QED) is 0.769. The number of nitrogens with zero attached hydrogens (tertiary/aromatic N) is 3. The van der Waals surface area contributed by atoms with Crippen molar-refractivity contribution in [1.82, 2.24) is 15.2 Å². The number of carbonyl (C=O) groups excluding carboxylic acids is 1. The van der Waals surface area contributed by atoms with Gasteiger partial charge >= 0.3 is 0 Å². The van der Waals surface area contributed by atoms with Gasteiger partial charge in [0, 0.05) is 18.0 Å². The van der Waals surface area contributed by atoms with Crippen LogP contribution in [0.3, 0.4) is 0 Å². The molecule has 7 heteroatoms. The molecular weight excluding hydrogens is 252 g/mol. The Bertz CT molecular complexity index is 601. The Balaban J connectivity index is 2.15. The van der Waals surface area contributed by atoms with Gasteiger partial charge in [0.15, 0.2) is 0 Å².